The Hall–Kier alpha value is -2.04. The fourth-order valence-electron chi connectivity index (χ4n) is 2.10. The summed E-state index contributed by atoms with van der Waals surface area (Å²) in [5.41, 5.74) is -0.535. The van der Waals surface area contributed by atoms with E-state index in [0.29, 0.717) is 5.69 Å². The second kappa shape index (κ2) is 4.33. The Bertz CT molecular complexity index is 473. The van der Waals surface area contributed by atoms with Gasteiger partial charge in [-0.15, -0.1) is 0 Å². The number of methoxy groups -OCH3 is 1. The van der Waals surface area contributed by atoms with Crippen LogP contribution in [-0.4, -0.2) is 30.8 Å². The molecule has 0 saturated carbocycles. The molecule has 5 heteroatoms. The molecule has 1 aliphatic heterocycles. The number of carbonyl (C=O) groups excluding carboxylic acids is 2. The maximum Gasteiger partial charge on any atom is 0.415 e. The summed E-state index contributed by atoms with van der Waals surface area (Å²) in [7, 11) is 1.30. The number of amides is 1. The molecule has 1 aromatic rings. The van der Waals surface area contributed by atoms with Crippen LogP contribution < -0.4 is 4.90 Å². The van der Waals surface area contributed by atoms with E-state index in [1.54, 1.807) is 38.1 Å². The molecule has 5 nitrogen and oxygen atoms in total. The third-order valence-electron chi connectivity index (χ3n) is 3.33. The fraction of sp³-hybridized carbons (Fsp3) is 0.385. The van der Waals surface area contributed by atoms with E-state index in [-0.39, 0.29) is 0 Å². The molecular formula is C13H15NO4. The van der Waals surface area contributed by atoms with Crippen molar-refractivity contribution in [1.29, 1.82) is 0 Å². The van der Waals surface area contributed by atoms with Gasteiger partial charge >= 0.3 is 12.1 Å². The molecule has 18 heavy (non-hydrogen) atoms. The summed E-state index contributed by atoms with van der Waals surface area (Å²) in [6, 6.07) is 8.93. The van der Waals surface area contributed by atoms with Gasteiger partial charge in [-0.1, -0.05) is 18.2 Å². The molecule has 0 bridgehead atoms. The van der Waals surface area contributed by atoms with Crippen LogP contribution in [0.3, 0.4) is 0 Å². The van der Waals surface area contributed by atoms with Crippen molar-refractivity contribution in [2.45, 2.75) is 25.5 Å². The summed E-state index contributed by atoms with van der Waals surface area (Å²) < 4.78 is 9.95. The summed E-state index contributed by atoms with van der Waals surface area (Å²) in [6.07, 6.45) is -1.11. The third-order valence-corrected chi connectivity index (χ3v) is 3.33. The summed E-state index contributed by atoms with van der Waals surface area (Å²) in [5.74, 6) is -0.496. The Morgan fingerprint density at radius 1 is 1.39 bits per heavy atom. The van der Waals surface area contributed by atoms with Crippen LogP contribution in [0.5, 0.6) is 0 Å². The van der Waals surface area contributed by atoms with Crippen LogP contribution in [0.2, 0.25) is 0 Å². The second-order valence-corrected chi connectivity index (χ2v) is 4.34. The topological polar surface area (TPSA) is 55.8 Å². The number of anilines is 1. The predicted molar refractivity (Wildman–Crippen MR) is 65.3 cm³/mol. The molecule has 0 spiro atoms. The summed E-state index contributed by atoms with van der Waals surface area (Å²) >= 11 is 0. The van der Waals surface area contributed by atoms with Crippen LogP contribution in [0, 0.1) is 0 Å². The lowest BCUT2D eigenvalue weighted by atomic mass is 9.94. The van der Waals surface area contributed by atoms with Crippen LogP contribution in [0.15, 0.2) is 30.3 Å². The smallest absolute Gasteiger partial charge is 0.415 e. The first-order valence-electron chi connectivity index (χ1n) is 5.66. The molecule has 1 saturated heterocycles. The highest BCUT2D eigenvalue weighted by Gasteiger charge is 2.56. The molecule has 0 aliphatic carbocycles. The quantitative estimate of drug-likeness (QED) is 0.752. The van der Waals surface area contributed by atoms with Gasteiger partial charge in [0.25, 0.3) is 0 Å². The first-order valence-corrected chi connectivity index (χ1v) is 5.66. The average molecular weight is 249 g/mol. The first-order chi connectivity index (χ1) is 8.51. The van der Waals surface area contributed by atoms with Gasteiger partial charge in [-0.3, -0.25) is 4.90 Å². The highest BCUT2D eigenvalue weighted by Crippen LogP contribution is 2.35. The molecule has 1 amide bonds. The number of hydrogen-bond donors (Lipinski definition) is 0. The molecule has 1 aromatic carbocycles. The Labute approximate surface area is 105 Å². The van der Waals surface area contributed by atoms with E-state index >= 15 is 0 Å². The molecule has 96 valence electrons. The van der Waals surface area contributed by atoms with Crippen LogP contribution in [-0.2, 0) is 14.3 Å². The van der Waals surface area contributed by atoms with Gasteiger partial charge in [-0.2, -0.15) is 0 Å². The predicted octanol–water partition coefficient (Wildman–Crippen LogP) is 1.96. The maximum atomic E-state index is 12.0. The summed E-state index contributed by atoms with van der Waals surface area (Å²) in [6.45, 7) is 3.32. The van der Waals surface area contributed by atoms with Crippen molar-refractivity contribution >= 4 is 17.7 Å². The van der Waals surface area contributed by atoms with Crippen LogP contribution >= 0.6 is 0 Å². The van der Waals surface area contributed by atoms with Crippen molar-refractivity contribution in [3.05, 3.63) is 30.3 Å². The van der Waals surface area contributed by atoms with Crippen LogP contribution in [0.25, 0.3) is 0 Å². The van der Waals surface area contributed by atoms with Gasteiger partial charge in [0.05, 0.1) is 7.11 Å². The van der Waals surface area contributed by atoms with Crippen LogP contribution in [0.4, 0.5) is 10.5 Å². The Kier molecular flexibility index (Phi) is 2.98. The number of cyclic esters (lactones) is 1. The van der Waals surface area contributed by atoms with Gasteiger partial charge in [0, 0.05) is 5.69 Å². The Balaban J connectivity index is 2.49. The normalized spacial score (nSPS) is 26.9. The first kappa shape index (κ1) is 12.4. The van der Waals surface area contributed by atoms with E-state index < -0.39 is 23.7 Å². The number of esters is 1. The molecule has 2 unspecified atom stereocenters. The molecule has 2 atom stereocenters. The molecule has 2 rings (SSSR count). The Morgan fingerprint density at radius 3 is 2.56 bits per heavy atom. The molecule has 0 aromatic heterocycles. The van der Waals surface area contributed by atoms with Crippen molar-refractivity contribution < 1.29 is 19.1 Å². The lowest BCUT2D eigenvalue weighted by Gasteiger charge is -2.31. The van der Waals surface area contributed by atoms with Crippen LogP contribution in [0.1, 0.15) is 13.8 Å². The lowest BCUT2D eigenvalue weighted by molar-refractivity contribution is -0.148. The minimum absolute atomic E-state index is 0.496. The van der Waals surface area contributed by atoms with E-state index in [4.69, 9.17) is 9.47 Å². The number of benzene rings is 1. The van der Waals surface area contributed by atoms with Crippen molar-refractivity contribution in [2.24, 2.45) is 0 Å². The standard InChI is InChI=1S/C13H15NO4/c1-9-13(2,11(15)17-3)14(12(16)18-9)10-7-5-4-6-8-10/h4-9H,1-3H3. The minimum Gasteiger partial charge on any atom is -0.467 e. The number of rotatable bonds is 2. The zero-order valence-corrected chi connectivity index (χ0v) is 10.5. The van der Waals surface area contributed by atoms with Crippen molar-refractivity contribution in [3.63, 3.8) is 0 Å². The lowest BCUT2D eigenvalue weighted by Crippen LogP contribution is -2.55. The number of ether oxygens (including phenoxy) is 2. The SMILES string of the molecule is COC(=O)C1(C)C(C)OC(=O)N1c1ccccc1. The largest absolute Gasteiger partial charge is 0.467 e. The molecule has 1 fully saturated rings. The number of hydrogen-bond acceptors (Lipinski definition) is 4. The molecule has 1 heterocycles. The fourth-order valence-corrected chi connectivity index (χ4v) is 2.10. The minimum atomic E-state index is -1.15. The zero-order chi connectivity index (χ0) is 13.3. The summed E-state index contributed by atoms with van der Waals surface area (Å²) in [4.78, 5) is 25.2. The highest BCUT2D eigenvalue weighted by atomic mass is 16.6. The van der Waals surface area contributed by atoms with E-state index in [2.05, 4.69) is 0 Å². The highest BCUT2D eigenvalue weighted by molar-refractivity contribution is 6.01. The number of carbonyl (C=O) groups is 2. The average Bonchev–Trinajstić information content (AvgIpc) is 2.61. The van der Waals surface area contributed by atoms with Gasteiger partial charge in [-0.25, -0.2) is 9.59 Å². The molecule has 0 radical (unpaired) electrons. The molecule has 0 N–H and O–H groups in total. The Morgan fingerprint density at radius 2 is 2.00 bits per heavy atom. The maximum absolute atomic E-state index is 12.0. The van der Waals surface area contributed by atoms with E-state index in [1.807, 2.05) is 6.07 Å². The van der Waals surface area contributed by atoms with Gasteiger partial charge in [0.1, 0.15) is 6.10 Å². The third kappa shape index (κ3) is 1.63. The summed E-state index contributed by atoms with van der Waals surface area (Å²) in [5, 5.41) is 0. The van der Waals surface area contributed by atoms with Crippen molar-refractivity contribution in [2.75, 3.05) is 12.0 Å². The number of nitrogens with zero attached hydrogens (tertiary/aromatic N) is 1. The van der Waals surface area contributed by atoms with Gasteiger partial charge in [-0.05, 0) is 26.0 Å². The van der Waals surface area contributed by atoms with Crippen molar-refractivity contribution in [3.8, 4) is 0 Å². The van der Waals surface area contributed by atoms with E-state index in [0.717, 1.165) is 0 Å². The van der Waals surface area contributed by atoms with Crippen molar-refractivity contribution in [1.82, 2.24) is 0 Å². The monoisotopic (exact) mass is 249 g/mol. The van der Waals surface area contributed by atoms with Gasteiger partial charge < -0.3 is 9.47 Å². The van der Waals surface area contributed by atoms with Gasteiger partial charge in [0.15, 0.2) is 5.54 Å². The second-order valence-electron chi connectivity index (χ2n) is 4.34. The van der Waals surface area contributed by atoms with Gasteiger partial charge in [0.2, 0.25) is 0 Å². The number of para-hydroxylation sites is 1. The van der Waals surface area contributed by atoms with E-state index in [9.17, 15) is 9.59 Å². The van der Waals surface area contributed by atoms with E-state index in [1.165, 1.54) is 12.0 Å². The zero-order valence-electron chi connectivity index (χ0n) is 10.5. The molecule has 1 aliphatic rings. The molecular weight excluding hydrogens is 234 g/mol.